The van der Waals surface area contributed by atoms with E-state index < -0.39 is 10.0 Å². The van der Waals surface area contributed by atoms with Crippen LogP contribution in [0.5, 0.6) is 0 Å². The van der Waals surface area contributed by atoms with E-state index in [1.807, 2.05) is 13.0 Å². The molecule has 0 aromatic carbocycles. The molecule has 1 N–H and O–H groups in total. The zero-order valence-electron chi connectivity index (χ0n) is 13.5. The van der Waals surface area contributed by atoms with Gasteiger partial charge in [-0.25, -0.2) is 8.42 Å². The Balaban J connectivity index is 2.19. The van der Waals surface area contributed by atoms with Crippen molar-refractivity contribution >= 4 is 21.4 Å². The van der Waals surface area contributed by atoms with Crippen molar-refractivity contribution in [3.63, 3.8) is 0 Å². The molecule has 0 amide bonds. The fourth-order valence-electron chi connectivity index (χ4n) is 2.49. The van der Waals surface area contributed by atoms with Crippen molar-refractivity contribution in [2.24, 2.45) is 11.8 Å². The molecule has 1 aromatic rings. The van der Waals surface area contributed by atoms with E-state index >= 15 is 0 Å². The van der Waals surface area contributed by atoms with Crippen molar-refractivity contribution in [2.45, 2.75) is 51.4 Å². The van der Waals surface area contributed by atoms with Crippen LogP contribution in [0.2, 0.25) is 0 Å². The third kappa shape index (κ3) is 3.67. The SMILES string of the molecule is Cc1cc(S(=O)(=O)N2CC(C)C(C)C2)sc1CNC(C)C. The zero-order valence-corrected chi connectivity index (χ0v) is 15.1. The molecule has 4 nitrogen and oxygen atoms in total. The molecule has 0 bridgehead atoms. The lowest BCUT2D eigenvalue weighted by Crippen LogP contribution is -2.28. The van der Waals surface area contributed by atoms with Crippen LogP contribution in [0.1, 0.15) is 38.1 Å². The Kier molecular flexibility index (Phi) is 5.13. The van der Waals surface area contributed by atoms with Gasteiger partial charge in [-0.05, 0) is 30.4 Å². The van der Waals surface area contributed by atoms with Crippen LogP contribution in [0.3, 0.4) is 0 Å². The standard InChI is InChI=1S/C15H26N2O2S2/c1-10(2)16-7-14-11(3)6-15(20-14)21(18,19)17-8-12(4)13(5)9-17/h6,10,12-13,16H,7-9H2,1-5H3. The number of hydrogen-bond donors (Lipinski definition) is 1. The van der Waals surface area contributed by atoms with E-state index in [4.69, 9.17) is 0 Å². The molecule has 21 heavy (non-hydrogen) atoms. The molecule has 1 aromatic heterocycles. The largest absolute Gasteiger partial charge is 0.310 e. The van der Waals surface area contributed by atoms with Gasteiger partial charge in [0.25, 0.3) is 10.0 Å². The van der Waals surface area contributed by atoms with Crippen molar-refractivity contribution in [1.82, 2.24) is 9.62 Å². The molecule has 1 saturated heterocycles. The second-order valence-corrected chi connectivity index (χ2v) is 9.79. The Hall–Kier alpha value is -0.430. The van der Waals surface area contributed by atoms with Gasteiger partial charge in [-0.3, -0.25) is 0 Å². The van der Waals surface area contributed by atoms with Gasteiger partial charge in [-0.2, -0.15) is 4.31 Å². The maximum atomic E-state index is 12.7. The normalized spacial score (nSPS) is 24.1. The Bertz CT molecular complexity index is 583. The van der Waals surface area contributed by atoms with Crippen molar-refractivity contribution in [2.75, 3.05) is 13.1 Å². The molecular formula is C15H26N2O2S2. The molecule has 120 valence electrons. The molecule has 2 atom stereocenters. The van der Waals surface area contributed by atoms with Crippen LogP contribution in [-0.2, 0) is 16.6 Å². The van der Waals surface area contributed by atoms with Crippen LogP contribution in [0.15, 0.2) is 10.3 Å². The highest BCUT2D eigenvalue weighted by atomic mass is 32.2. The molecule has 2 unspecified atom stereocenters. The van der Waals surface area contributed by atoms with Gasteiger partial charge in [0.2, 0.25) is 0 Å². The summed E-state index contributed by atoms with van der Waals surface area (Å²) in [6.07, 6.45) is 0. The Morgan fingerprint density at radius 1 is 1.33 bits per heavy atom. The molecule has 6 heteroatoms. The van der Waals surface area contributed by atoms with E-state index in [2.05, 4.69) is 33.0 Å². The number of sulfonamides is 1. The maximum absolute atomic E-state index is 12.7. The predicted molar refractivity (Wildman–Crippen MR) is 88.1 cm³/mol. The van der Waals surface area contributed by atoms with E-state index in [1.54, 1.807) is 4.31 Å². The van der Waals surface area contributed by atoms with E-state index in [9.17, 15) is 8.42 Å². The third-order valence-corrected chi connectivity index (χ3v) is 7.74. The van der Waals surface area contributed by atoms with Crippen LogP contribution < -0.4 is 5.32 Å². The van der Waals surface area contributed by atoms with Crippen LogP contribution in [-0.4, -0.2) is 31.9 Å². The highest BCUT2D eigenvalue weighted by Gasteiger charge is 2.35. The van der Waals surface area contributed by atoms with Crippen LogP contribution in [0, 0.1) is 18.8 Å². The second kappa shape index (κ2) is 6.36. The van der Waals surface area contributed by atoms with Crippen LogP contribution in [0.25, 0.3) is 0 Å². The summed E-state index contributed by atoms with van der Waals surface area (Å²) in [6.45, 7) is 12.4. The summed E-state index contributed by atoms with van der Waals surface area (Å²) >= 11 is 1.41. The first kappa shape index (κ1) is 16.9. The molecule has 2 heterocycles. The van der Waals surface area contributed by atoms with E-state index in [0.29, 0.717) is 35.2 Å². The van der Waals surface area contributed by atoms with Gasteiger partial charge < -0.3 is 5.32 Å². The summed E-state index contributed by atoms with van der Waals surface area (Å²) in [7, 11) is -3.32. The average Bonchev–Trinajstić information content (AvgIpc) is 2.92. The van der Waals surface area contributed by atoms with Gasteiger partial charge >= 0.3 is 0 Å². The Morgan fingerprint density at radius 3 is 2.43 bits per heavy atom. The first-order chi connectivity index (χ1) is 9.71. The topological polar surface area (TPSA) is 49.4 Å². The van der Waals surface area contributed by atoms with Gasteiger partial charge in [0.05, 0.1) is 0 Å². The fraction of sp³-hybridized carbons (Fsp3) is 0.733. The van der Waals surface area contributed by atoms with Gasteiger partial charge in [-0.15, -0.1) is 11.3 Å². The van der Waals surface area contributed by atoms with Crippen molar-refractivity contribution in [3.05, 3.63) is 16.5 Å². The minimum Gasteiger partial charge on any atom is -0.310 e. The molecule has 1 aliphatic rings. The number of nitrogens with zero attached hydrogens (tertiary/aromatic N) is 1. The molecule has 0 saturated carbocycles. The minimum absolute atomic E-state index is 0.395. The highest BCUT2D eigenvalue weighted by molar-refractivity contribution is 7.91. The number of thiophene rings is 1. The van der Waals surface area contributed by atoms with Crippen LogP contribution in [0.4, 0.5) is 0 Å². The molecule has 1 aliphatic heterocycles. The first-order valence-electron chi connectivity index (χ1n) is 7.54. The third-order valence-electron chi connectivity index (χ3n) is 4.22. The summed E-state index contributed by atoms with van der Waals surface area (Å²) < 4.78 is 27.6. The Labute approximate surface area is 132 Å². The summed E-state index contributed by atoms with van der Waals surface area (Å²) in [5.74, 6) is 0.867. The number of rotatable bonds is 5. The fourth-order valence-corrected chi connectivity index (χ4v) is 5.82. The smallest absolute Gasteiger partial charge is 0.252 e. The maximum Gasteiger partial charge on any atom is 0.252 e. The lowest BCUT2D eigenvalue weighted by atomic mass is 10.0. The summed E-state index contributed by atoms with van der Waals surface area (Å²) in [5.41, 5.74) is 1.06. The van der Waals surface area contributed by atoms with Crippen LogP contribution >= 0.6 is 11.3 Å². The first-order valence-corrected chi connectivity index (χ1v) is 9.80. The van der Waals surface area contributed by atoms with Gasteiger partial charge in [-0.1, -0.05) is 27.7 Å². The molecule has 2 rings (SSSR count). The zero-order chi connectivity index (χ0) is 15.8. The van der Waals surface area contributed by atoms with Gasteiger partial charge in [0, 0.05) is 30.6 Å². The summed E-state index contributed by atoms with van der Waals surface area (Å²) in [4.78, 5) is 1.11. The van der Waals surface area contributed by atoms with E-state index in [1.165, 1.54) is 11.3 Å². The van der Waals surface area contributed by atoms with E-state index in [-0.39, 0.29) is 0 Å². The second-order valence-electron chi connectivity index (χ2n) is 6.48. The van der Waals surface area contributed by atoms with Gasteiger partial charge in [0.1, 0.15) is 4.21 Å². The Morgan fingerprint density at radius 2 is 1.90 bits per heavy atom. The molecule has 0 radical (unpaired) electrons. The molecule has 0 spiro atoms. The number of hydrogen-bond acceptors (Lipinski definition) is 4. The quantitative estimate of drug-likeness (QED) is 0.903. The minimum atomic E-state index is -3.32. The molecule has 1 fully saturated rings. The molecule has 0 aliphatic carbocycles. The summed E-state index contributed by atoms with van der Waals surface area (Å²) in [5, 5.41) is 3.35. The predicted octanol–water partition coefficient (Wildman–Crippen LogP) is 2.83. The highest BCUT2D eigenvalue weighted by Crippen LogP contribution is 2.33. The van der Waals surface area contributed by atoms with Crippen molar-refractivity contribution < 1.29 is 8.42 Å². The number of nitrogens with one attached hydrogen (secondary N) is 1. The van der Waals surface area contributed by atoms with E-state index in [0.717, 1.165) is 17.0 Å². The van der Waals surface area contributed by atoms with Crippen molar-refractivity contribution in [1.29, 1.82) is 0 Å². The lowest BCUT2D eigenvalue weighted by molar-refractivity contribution is 0.465. The van der Waals surface area contributed by atoms with Crippen molar-refractivity contribution in [3.8, 4) is 0 Å². The average molecular weight is 331 g/mol. The monoisotopic (exact) mass is 330 g/mol. The summed E-state index contributed by atoms with van der Waals surface area (Å²) in [6, 6.07) is 2.22. The lowest BCUT2D eigenvalue weighted by Gasteiger charge is -2.14. The molecular weight excluding hydrogens is 304 g/mol. The van der Waals surface area contributed by atoms with Gasteiger partial charge in [0.15, 0.2) is 0 Å². The number of aryl methyl sites for hydroxylation is 1.